The van der Waals surface area contributed by atoms with Crippen LogP contribution < -0.4 is 0 Å². The zero-order chi connectivity index (χ0) is 44.1. The van der Waals surface area contributed by atoms with Gasteiger partial charge in [-0.15, -0.1) is 0 Å². The molecule has 0 bridgehead atoms. The predicted octanol–water partition coefficient (Wildman–Crippen LogP) is 7.79. The summed E-state index contributed by atoms with van der Waals surface area (Å²) in [5.74, 6) is -1.16. The number of Topliss-reactive ketones (excluding diaryl/α,β-unsaturated/α-hetero) is 1. The number of aryl methyl sites for hydroxylation is 1. The monoisotopic (exact) mass is 831 g/mol. The summed E-state index contributed by atoms with van der Waals surface area (Å²) in [7, 11) is 3.94. The van der Waals surface area contributed by atoms with Crippen LogP contribution in [0, 0.1) is 74.9 Å². The van der Waals surface area contributed by atoms with Gasteiger partial charge in [0.15, 0.2) is 5.78 Å². The molecule has 0 radical (unpaired) electrons. The minimum atomic E-state index is -0.917. The molecule has 0 aliphatic heterocycles. The first-order valence-electron chi connectivity index (χ1n) is 23.0. The van der Waals surface area contributed by atoms with E-state index in [-0.39, 0.29) is 75.9 Å². The lowest BCUT2D eigenvalue weighted by Crippen LogP contribution is -2.66. The van der Waals surface area contributed by atoms with Crippen LogP contribution in [0.3, 0.4) is 0 Å². The molecule has 0 aromatic carbocycles. The van der Waals surface area contributed by atoms with Gasteiger partial charge in [-0.1, -0.05) is 67.9 Å². The highest BCUT2D eigenvalue weighted by Gasteiger charge is 2.71. The number of carboxylic acids is 1. The third kappa shape index (κ3) is 6.71. The Morgan fingerprint density at radius 3 is 2.18 bits per heavy atom. The number of aromatic nitrogens is 2. The standard InChI is InChI=1S/C49H74N4O7/c1-28(2)39-34(54)24-49(37(55)27-53(22-21-52(11)12)41(56)33-26-50-25-29(3)51-33)20-19-47(9)30(40(39)49)13-14-36-46(8)17-16-38(45(6,7)35(46)15-18-48(36,47)10)60-43(59)32-23-31(42(57)58)44(32,4)5/h25-26,28,30-32,35-38,55H,13-24,27H2,1-12H3,(H,57,58)/t30?,31-,32+,35-,36+,37-,38?,46-,47+,48+,49?/m0/s1. The van der Waals surface area contributed by atoms with Crippen molar-refractivity contribution in [3.8, 4) is 0 Å². The quantitative estimate of drug-likeness (QED) is 0.212. The van der Waals surface area contributed by atoms with Gasteiger partial charge in [-0.3, -0.25) is 24.2 Å². The Bertz CT molecular complexity index is 1940. The van der Waals surface area contributed by atoms with E-state index in [1.54, 1.807) is 11.1 Å². The van der Waals surface area contributed by atoms with Crippen LogP contribution in [-0.2, 0) is 19.1 Å². The van der Waals surface area contributed by atoms with Gasteiger partial charge in [0.2, 0.25) is 0 Å². The first-order valence-corrected chi connectivity index (χ1v) is 23.0. The second-order valence-corrected chi connectivity index (χ2v) is 22.8. The van der Waals surface area contributed by atoms with Gasteiger partial charge in [0.1, 0.15) is 11.8 Å². The summed E-state index contributed by atoms with van der Waals surface area (Å²) in [4.78, 5) is 66.4. The molecule has 6 aliphatic rings. The van der Waals surface area contributed by atoms with E-state index >= 15 is 0 Å². The maximum Gasteiger partial charge on any atom is 0.309 e. The van der Waals surface area contributed by atoms with Crippen molar-refractivity contribution >= 4 is 23.6 Å². The summed E-state index contributed by atoms with van der Waals surface area (Å²) in [6.45, 7) is 23.1. The van der Waals surface area contributed by atoms with E-state index in [0.717, 1.165) is 50.5 Å². The van der Waals surface area contributed by atoms with Gasteiger partial charge in [-0.25, -0.2) is 4.98 Å². The Kier molecular flexibility index (Phi) is 11.4. The normalized spacial score (nSPS) is 38.3. The van der Waals surface area contributed by atoms with Gasteiger partial charge < -0.3 is 24.7 Å². The summed E-state index contributed by atoms with van der Waals surface area (Å²) in [5.41, 5.74) is 1.32. The number of amides is 1. The molecule has 1 aromatic heterocycles. The number of aliphatic hydroxyl groups excluding tert-OH is 1. The number of hydrogen-bond donors (Lipinski definition) is 2. The molecule has 1 aromatic rings. The number of carboxylic acid groups (broad SMARTS) is 1. The molecule has 11 nitrogen and oxygen atoms in total. The minimum Gasteiger partial charge on any atom is -0.481 e. The molecule has 5 saturated carbocycles. The largest absolute Gasteiger partial charge is 0.481 e. The number of ketones is 1. The average Bonchev–Trinajstić information content (AvgIpc) is 3.47. The van der Waals surface area contributed by atoms with Crippen molar-refractivity contribution in [2.24, 2.45) is 68.0 Å². The maximum atomic E-state index is 14.4. The highest BCUT2D eigenvalue weighted by atomic mass is 16.5. The molecule has 3 unspecified atom stereocenters. The molecule has 2 N–H and O–H groups in total. The van der Waals surface area contributed by atoms with E-state index in [1.807, 2.05) is 39.8 Å². The minimum absolute atomic E-state index is 0.0159. The van der Waals surface area contributed by atoms with E-state index in [4.69, 9.17) is 4.74 Å². The fourth-order valence-corrected chi connectivity index (χ4v) is 15.0. The molecule has 60 heavy (non-hydrogen) atoms. The zero-order valence-corrected chi connectivity index (χ0v) is 38.7. The molecule has 11 atom stereocenters. The van der Waals surface area contributed by atoms with Gasteiger partial charge >= 0.3 is 11.9 Å². The van der Waals surface area contributed by atoms with Gasteiger partial charge in [0.05, 0.1) is 29.8 Å². The molecular formula is C49H74N4O7. The molecule has 0 spiro atoms. The van der Waals surface area contributed by atoms with Crippen molar-refractivity contribution in [1.82, 2.24) is 19.8 Å². The third-order valence-corrected chi connectivity index (χ3v) is 18.6. The lowest BCUT2D eigenvalue weighted by atomic mass is 9.33. The number of fused-ring (bicyclic) bond motifs is 7. The second-order valence-electron chi connectivity index (χ2n) is 22.8. The molecule has 11 heteroatoms. The van der Waals surface area contributed by atoms with Crippen molar-refractivity contribution in [1.29, 1.82) is 0 Å². The molecule has 1 amide bonds. The number of nitrogens with zero attached hydrogens (tertiary/aromatic N) is 4. The summed E-state index contributed by atoms with van der Waals surface area (Å²) in [5, 5.41) is 22.4. The Balaban J connectivity index is 1.16. The predicted molar refractivity (Wildman–Crippen MR) is 230 cm³/mol. The highest BCUT2D eigenvalue weighted by Crippen LogP contribution is 2.77. The van der Waals surface area contributed by atoms with Crippen LogP contribution in [0.5, 0.6) is 0 Å². The first-order chi connectivity index (χ1) is 27.9. The fraction of sp³-hybridized carbons (Fsp3) is 0.796. The number of carbonyl (C=O) groups is 4. The summed E-state index contributed by atoms with van der Waals surface area (Å²) >= 11 is 0. The summed E-state index contributed by atoms with van der Waals surface area (Å²) in [6.07, 6.45) is 10.0. The summed E-state index contributed by atoms with van der Waals surface area (Å²) < 4.78 is 6.43. The zero-order valence-electron chi connectivity index (χ0n) is 38.7. The Morgan fingerprint density at radius 1 is 0.867 bits per heavy atom. The number of likely N-dealkylation sites (N-methyl/N-ethyl adjacent to an activating group) is 1. The van der Waals surface area contributed by atoms with Crippen molar-refractivity contribution < 1.29 is 34.1 Å². The van der Waals surface area contributed by atoms with Crippen molar-refractivity contribution in [2.75, 3.05) is 33.7 Å². The third-order valence-electron chi connectivity index (χ3n) is 18.6. The molecule has 6 aliphatic carbocycles. The van der Waals surface area contributed by atoms with Crippen LogP contribution in [0.15, 0.2) is 23.5 Å². The molecule has 7 rings (SSSR count). The van der Waals surface area contributed by atoms with Crippen molar-refractivity contribution in [3.63, 3.8) is 0 Å². The smallest absolute Gasteiger partial charge is 0.309 e. The average molecular weight is 831 g/mol. The Morgan fingerprint density at radius 2 is 1.57 bits per heavy atom. The molecule has 332 valence electrons. The number of aliphatic carboxylic acids is 1. The fourth-order valence-electron chi connectivity index (χ4n) is 15.0. The van der Waals surface area contributed by atoms with E-state index < -0.39 is 34.7 Å². The number of rotatable bonds is 11. The van der Waals surface area contributed by atoms with Crippen molar-refractivity contribution in [2.45, 2.75) is 146 Å². The summed E-state index contributed by atoms with van der Waals surface area (Å²) in [6, 6.07) is 0. The van der Waals surface area contributed by atoms with Gasteiger partial charge in [-0.05, 0) is 130 Å². The van der Waals surface area contributed by atoms with Crippen molar-refractivity contribution in [3.05, 3.63) is 34.9 Å². The number of ether oxygens (including phenoxy) is 1. The Labute approximate surface area is 358 Å². The van der Waals surface area contributed by atoms with Crippen LogP contribution in [0.25, 0.3) is 0 Å². The second kappa shape index (κ2) is 15.3. The highest BCUT2D eigenvalue weighted by molar-refractivity contribution is 6.01. The number of allylic oxidation sites excluding steroid dienone is 1. The number of hydrogen-bond acceptors (Lipinski definition) is 9. The van der Waals surface area contributed by atoms with E-state index in [0.29, 0.717) is 43.5 Å². The van der Waals surface area contributed by atoms with Crippen LogP contribution in [-0.4, -0.2) is 99.5 Å². The van der Waals surface area contributed by atoms with Crippen LogP contribution in [0.2, 0.25) is 0 Å². The van der Waals surface area contributed by atoms with Crippen LogP contribution in [0.1, 0.15) is 143 Å². The molecule has 0 saturated heterocycles. The van der Waals surface area contributed by atoms with Gasteiger partial charge in [0.25, 0.3) is 5.91 Å². The van der Waals surface area contributed by atoms with Crippen LogP contribution in [0.4, 0.5) is 0 Å². The van der Waals surface area contributed by atoms with E-state index in [1.165, 1.54) is 11.8 Å². The lowest BCUT2D eigenvalue weighted by molar-refractivity contribution is -0.238. The Hall–Kier alpha value is -3.18. The SMILES string of the molecule is Cc1cncc(C(=O)N(CCN(C)C)C[C@H](O)C23CC[C@]4(C)C(CC[C@@H]5[C@@]6(C)CCC(OC(=O)[C@H]7C[C@@H](C(=O)O)C7(C)C)C(C)(C)[C@@H]6CC[C@]54C)C2=C(C(C)C)C(=O)C3)n1. The van der Waals surface area contributed by atoms with Gasteiger partial charge in [0, 0.05) is 43.1 Å². The number of carbonyl (C=O) groups excluding carboxylic acids is 3. The topological polar surface area (TPSA) is 150 Å². The van der Waals surface area contributed by atoms with Crippen LogP contribution >= 0.6 is 0 Å². The molecular weight excluding hydrogens is 757 g/mol. The van der Waals surface area contributed by atoms with E-state index in [9.17, 15) is 29.4 Å². The number of esters is 1. The van der Waals surface area contributed by atoms with E-state index in [2.05, 4.69) is 58.4 Å². The first kappa shape index (κ1) is 44.9. The number of aliphatic hydroxyl groups is 1. The molecule has 5 fully saturated rings. The molecule has 1 heterocycles. The maximum absolute atomic E-state index is 14.4. The lowest BCUT2D eigenvalue weighted by Gasteiger charge is -2.72. The van der Waals surface area contributed by atoms with Gasteiger partial charge in [-0.2, -0.15) is 0 Å².